The SMILES string of the molecule is Cc1ccc2c(c1)N(CCOS(=O)(=O)[O-])C(C)(C)CC2C. The molecule has 2 rings (SSSR count). The first-order valence-corrected chi connectivity index (χ1v) is 8.42. The van der Waals surface area contributed by atoms with Gasteiger partial charge in [-0.1, -0.05) is 19.1 Å². The van der Waals surface area contributed by atoms with E-state index in [-0.39, 0.29) is 12.1 Å². The highest BCUT2D eigenvalue weighted by Crippen LogP contribution is 2.43. The quantitative estimate of drug-likeness (QED) is 0.631. The van der Waals surface area contributed by atoms with Crippen molar-refractivity contribution in [2.75, 3.05) is 18.1 Å². The van der Waals surface area contributed by atoms with E-state index in [4.69, 9.17) is 0 Å². The molecule has 0 aliphatic carbocycles. The van der Waals surface area contributed by atoms with Gasteiger partial charge in [-0.05, 0) is 50.3 Å². The summed E-state index contributed by atoms with van der Waals surface area (Å²) >= 11 is 0. The van der Waals surface area contributed by atoms with E-state index in [9.17, 15) is 13.0 Å². The molecule has 5 nitrogen and oxygen atoms in total. The monoisotopic (exact) mass is 312 g/mol. The highest BCUT2D eigenvalue weighted by Gasteiger charge is 2.36. The number of rotatable bonds is 4. The zero-order valence-electron chi connectivity index (χ0n) is 12.9. The minimum Gasteiger partial charge on any atom is -0.726 e. The molecule has 0 saturated carbocycles. The van der Waals surface area contributed by atoms with Crippen molar-refractivity contribution in [1.82, 2.24) is 0 Å². The Kier molecular flexibility index (Phi) is 4.33. The summed E-state index contributed by atoms with van der Waals surface area (Å²) < 4.78 is 36.1. The molecule has 0 radical (unpaired) electrons. The van der Waals surface area contributed by atoms with Crippen LogP contribution in [0.4, 0.5) is 5.69 Å². The summed E-state index contributed by atoms with van der Waals surface area (Å²) in [4.78, 5) is 2.14. The second kappa shape index (κ2) is 5.59. The van der Waals surface area contributed by atoms with Crippen LogP contribution in [0.15, 0.2) is 18.2 Å². The Balaban J connectivity index is 2.29. The van der Waals surface area contributed by atoms with E-state index >= 15 is 0 Å². The fraction of sp³-hybridized carbons (Fsp3) is 0.600. The summed E-state index contributed by atoms with van der Waals surface area (Å²) in [6, 6.07) is 6.33. The van der Waals surface area contributed by atoms with Gasteiger partial charge in [-0.15, -0.1) is 0 Å². The van der Waals surface area contributed by atoms with Crippen LogP contribution in [0.1, 0.15) is 44.2 Å². The maximum Gasteiger partial charge on any atom is 0.217 e. The van der Waals surface area contributed by atoms with E-state index in [2.05, 4.69) is 48.1 Å². The predicted octanol–water partition coefficient (Wildman–Crippen LogP) is 2.56. The van der Waals surface area contributed by atoms with E-state index in [0.29, 0.717) is 12.5 Å². The van der Waals surface area contributed by atoms with Crippen LogP contribution in [0.5, 0.6) is 0 Å². The van der Waals surface area contributed by atoms with Crippen LogP contribution in [0.2, 0.25) is 0 Å². The van der Waals surface area contributed by atoms with Crippen molar-refractivity contribution in [2.24, 2.45) is 0 Å². The molecule has 1 unspecified atom stereocenters. The van der Waals surface area contributed by atoms with E-state index < -0.39 is 10.4 Å². The maximum atomic E-state index is 10.6. The van der Waals surface area contributed by atoms with Crippen LogP contribution >= 0.6 is 0 Å². The maximum absolute atomic E-state index is 10.6. The van der Waals surface area contributed by atoms with E-state index in [0.717, 1.165) is 17.7 Å². The molecule has 6 heteroatoms. The average Bonchev–Trinajstić information content (AvgIpc) is 2.30. The van der Waals surface area contributed by atoms with Crippen LogP contribution in [0.25, 0.3) is 0 Å². The largest absolute Gasteiger partial charge is 0.726 e. The van der Waals surface area contributed by atoms with Crippen LogP contribution in [-0.4, -0.2) is 31.7 Å². The minimum absolute atomic E-state index is 0.115. The third kappa shape index (κ3) is 3.75. The Hall–Kier alpha value is -1.11. The molecule has 0 amide bonds. The molecule has 1 aromatic carbocycles. The van der Waals surface area contributed by atoms with Gasteiger partial charge in [0, 0.05) is 17.8 Å². The Bertz CT molecular complexity index is 625. The van der Waals surface area contributed by atoms with Gasteiger partial charge in [0.25, 0.3) is 0 Å². The molecule has 118 valence electrons. The van der Waals surface area contributed by atoms with Crippen molar-refractivity contribution in [1.29, 1.82) is 0 Å². The lowest BCUT2D eigenvalue weighted by molar-refractivity contribution is 0.254. The van der Waals surface area contributed by atoms with Gasteiger partial charge in [0.2, 0.25) is 10.4 Å². The molecule has 0 saturated heterocycles. The fourth-order valence-corrected chi connectivity index (χ4v) is 3.53. The van der Waals surface area contributed by atoms with Gasteiger partial charge in [0.1, 0.15) is 0 Å². The molecule has 0 fully saturated rings. The lowest BCUT2D eigenvalue weighted by Crippen LogP contribution is -2.49. The molecule has 21 heavy (non-hydrogen) atoms. The number of benzene rings is 1. The first-order chi connectivity index (χ1) is 9.60. The Labute approximate surface area is 126 Å². The summed E-state index contributed by atoms with van der Waals surface area (Å²) in [6.45, 7) is 8.73. The number of fused-ring (bicyclic) bond motifs is 1. The van der Waals surface area contributed by atoms with Crippen molar-refractivity contribution >= 4 is 16.1 Å². The van der Waals surface area contributed by atoms with Crippen molar-refractivity contribution < 1.29 is 17.2 Å². The molecule has 1 aliphatic rings. The molecule has 1 aromatic rings. The van der Waals surface area contributed by atoms with Gasteiger partial charge in [-0.3, -0.25) is 4.18 Å². The third-order valence-corrected chi connectivity index (χ3v) is 4.54. The van der Waals surface area contributed by atoms with Crippen LogP contribution in [0.3, 0.4) is 0 Å². The van der Waals surface area contributed by atoms with Crippen molar-refractivity contribution in [3.05, 3.63) is 29.3 Å². The summed E-state index contributed by atoms with van der Waals surface area (Å²) in [5.41, 5.74) is 3.40. The Morgan fingerprint density at radius 1 is 1.43 bits per heavy atom. The Morgan fingerprint density at radius 3 is 2.71 bits per heavy atom. The normalized spacial score (nSPS) is 21.2. The molecule has 1 aliphatic heterocycles. The topological polar surface area (TPSA) is 69.7 Å². The van der Waals surface area contributed by atoms with E-state index in [1.54, 1.807) is 0 Å². The van der Waals surface area contributed by atoms with E-state index in [1.165, 1.54) is 5.56 Å². The predicted molar refractivity (Wildman–Crippen MR) is 81.3 cm³/mol. The summed E-state index contributed by atoms with van der Waals surface area (Å²) in [5, 5.41) is 0. The summed E-state index contributed by atoms with van der Waals surface area (Å²) in [5.74, 6) is 0.441. The molecular weight excluding hydrogens is 290 g/mol. The first kappa shape index (κ1) is 16.3. The van der Waals surface area contributed by atoms with Crippen molar-refractivity contribution in [3.63, 3.8) is 0 Å². The smallest absolute Gasteiger partial charge is 0.217 e. The summed E-state index contributed by atoms with van der Waals surface area (Å²) in [7, 11) is -4.64. The molecular formula is C15H22NO4S-. The number of aryl methyl sites for hydroxylation is 1. The Morgan fingerprint density at radius 2 is 2.10 bits per heavy atom. The van der Waals surface area contributed by atoms with Gasteiger partial charge in [-0.25, -0.2) is 8.42 Å². The zero-order chi connectivity index (χ0) is 15.8. The standard InChI is InChI=1S/C15H23NO4S/c1-11-5-6-13-12(2)10-15(3,4)16(14(13)9-11)7-8-20-21(17,18)19/h5-6,9,12H,7-8,10H2,1-4H3,(H,17,18,19)/p-1. The van der Waals surface area contributed by atoms with Crippen LogP contribution < -0.4 is 4.90 Å². The van der Waals surface area contributed by atoms with Gasteiger partial charge in [0.05, 0.1) is 6.61 Å². The van der Waals surface area contributed by atoms with Gasteiger partial charge in [-0.2, -0.15) is 0 Å². The average molecular weight is 312 g/mol. The highest BCUT2D eigenvalue weighted by atomic mass is 32.3. The van der Waals surface area contributed by atoms with E-state index in [1.807, 2.05) is 6.92 Å². The second-order valence-corrected chi connectivity index (χ2v) is 7.41. The van der Waals surface area contributed by atoms with Crippen LogP contribution in [-0.2, 0) is 14.6 Å². The molecule has 1 heterocycles. The molecule has 0 N–H and O–H groups in total. The minimum atomic E-state index is -4.64. The van der Waals surface area contributed by atoms with Crippen molar-refractivity contribution in [3.8, 4) is 0 Å². The molecule has 0 spiro atoms. The first-order valence-electron chi connectivity index (χ1n) is 7.08. The van der Waals surface area contributed by atoms with Gasteiger partial charge in [0.15, 0.2) is 0 Å². The number of nitrogens with zero attached hydrogens (tertiary/aromatic N) is 1. The second-order valence-electron chi connectivity index (χ2n) is 6.36. The van der Waals surface area contributed by atoms with Gasteiger partial charge < -0.3 is 9.45 Å². The fourth-order valence-electron chi connectivity index (χ4n) is 3.25. The zero-order valence-corrected chi connectivity index (χ0v) is 13.7. The number of hydrogen-bond acceptors (Lipinski definition) is 5. The van der Waals surface area contributed by atoms with Crippen molar-refractivity contribution in [2.45, 2.75) is 45.6 Å². The summed E-state index contributed by atoms with van der Waals surface area (Å²) in [6.07, 6.45) is 0.965. The number of hydrogen-bond donors (Lipinski definition) is 0. The highest BCUT2D eigenvalue weighted by molar-refractivity contribution is 7.80. The lowest BCUT2D eigenvalue weighted by atomic mass is 9.80. The molecule has 1 atom stereocenters. The molecule has 0 bridgehead atoms. The molecule has 0 aromatic heterocycles. The third-order valence-electron chi connectivity index (χ3n) is 4.09. The number of anilines is 1. The lowest BCUT2D eigenvalue weighted by Gasteiger charge is -2.47. The van der Waals surface area contributed by atoms with Crippen LogP contribution in [0, 0.1) is 6.92 Å². The van der Waals surface area contributed by atoms with Gasteiger partial charge >= 0.3 is 0 Å².